The number of nitrogens with zero attached hydrogens (tertiary/aromatic N) is 1. The second-order valence-electron chi connectivity index (χ2n) is 5.70. The molecule has 0 saturated carbocycles. The summed E-state index contributed by atoms with van der Waals surface area (Å²) in [6, 6.07) is 3.84. The standard InChI is InChI=1S/C16H24ClNO2.ClH/c1-12-8-15(9-13(2)16(12)17)20-11-14(19)10-18-6-4-3-5-7-18;/h8-9,14,19H,3-7,10-11H2,1-2H3;1H/p-1. The van der Waals surface area contributed by atoms with Crippen LogP contribution in [0.4, 0.5) is 0 Å². The van der Waals surface area contributed by atoms with Gasteiger partial charge in [0.1, 0.15) is 18.5 Å². The van der Waals surface area contributed by atoms with Crippen molar-refractivity contribution in [1.29, 1.82) is 0 Å². The maximum Gasteiger partial charge on any atom is 0.120 e. The van der Waals surface area contributed by atoms with Crippen LogP contribution in [-0.2, 0) is 0 Å². The van der Waals surface area contributed by atoms with E-state index in [0.29, 0.717) is 13.2 Å². The van der Waals surface area contributed by atoms with E-state index in [1.54, 1.807) is 0 Å². The fourth-order valence-corrected chi connectivity index (χ4v) is 2.78. The minimum absolute atomic E-state index is 0. The molecule has 120 valence electrons. The highest BCUT2D eigenvalue weighted by Gasteiger charge is 2.15. The second-order valence-corrected chi connectivity index (χ2v) is 6.08. The van der Waals surface area contributed by atoms with Crippen molar-refractivity contribution in [2.24, 2.45) is 0 Å². The number of hydrogen-bond donors (Lipinski definition) is 1. The summed E-state index contributed by atoms with van der Waals surface area (Å²) >= 11 is 6.13. The molecule has 1 heterocycles. The minimum atomic E-state index is -0.440. The van der Waals surface area contributed by atoms with Gasteiger partial charge in [-0.05, 0) is 63.0 Å². The van der Waals surface area contributed by atoms with Gasteiger partial charge in [-0.15, -0.1) is 0 Å². The zero-order chi connectivity index (χ0) is 14.5. The van der Waals surface area contributed by atoms with Gasteiger partial charge in [0.2, 0.25) is 0 Å². The number of aliphatic hydroxyl groups excluding tert-OH is 1. The van der Waals surface area contributed by atoms with Crippen LogP contribution < -0.4 is 17.1 Å². The molecule has 1 saturated heterocycles. The molecule has 1 aliphatic rings. The van der Waals surface area contributed by atoms with E-state index in [1.807, 2.05) is 26.0 Å². The number of likely N-dealkylation sites (tertiary alicyclic amines) is 1. The Kier molecular flexibility index (Phi) is 7.82. The van der Waals surface area contributed by atoms with Crippen molar-refractivity contribution in [3.05, 3.63) is 28.3 Å². The number of halogens is 2. The summed E-state index contributed by atoms with van der Waals surface area (Å²) < 4.78 is 5.69. The summed E-state index contributed by atoms with van der Waals surface area (Å²) in [4.78, 5) is 2.32. The average molecular weight is 333 g/mol. The van der Waals surface area contributed by atoms with Crippen molar-refractivity contribution in [2.45, 2.75) is 39.2 Å². The number of β-amino-alcohol motifs (C(OH)–C–C–N with tert-alkyl or cyclic N) is 1. The number of benzene rings is 1. The van der Waals surface area contributed by atoms with E-state index >= 15 is 0 Å². The molecule has 0 aliphatic carbocycles. The van der Waals surface area contributed by atoms with Crippen molar-refractivity contribution in [2.75, 3.05) is 26.2 Å². The summed E-state index contributed by atoms with van der Waals surface area (Å²) in [5.41, 5.74) is 2.01. The zero-order valence-corrected chi connectivity index (χ0v) is 14.3. The van der Waals surface area contributed by atoms with Crippen molar-refractivity contribution >= 4 is 11.6 Å². The van der Waals surface area contributed by atoms with Crippen LogP contribution in [0.3, 0.4) is 0 Å². The van der Waals surface area contributed by atoms with E-state index in [0.717, 1.165) is 35.0 Å². The van der Waals surface area contributed by atoms with Gasteiger partial charge in [-0.1, -0.05) is 18.0 Å². The molecule has 0 spiro atoms. The first-order valence-corrected chi connectivity index (χ1v) is 7.74. The van der Waals surface area contributed by atoms with Crippen molar-refractivity contribution in [1.82, 2.24) is 4.90 Å². The third kappa shape index (κ3) is 5.67. The summed E-state index contributed by atoms with van der Waals surface area (Å²) in [5, 5.41) is 10.8. The highest BCUT2D eigenvalue weighted by atomic mass is 35.5. The third-order valence-electron chi connectivity index (χ3n) is 3.77. The van der Waals surface area contributed by atoms with Gasteiger partial charge in [0, 0.05) is 11.6 Å². The molecule has 1 aromatic rings. The van der Waals surface area contributed by atoms with E-state index in [1.165, 1.54) is 19.3 Å². The van der Waals surface area contributed by atoms with Crippen molar-refractivity contribution < 1.29 is 22.3 Å². The lowest BCUT2D eigenvalue weighted by molar-refractivity contribution is -0.00000655. The molecule has 1 N–H and O–H groups in total. The van der Waals surface area contributed by atoms with Gasteiger partial charge in [0.15, 0.2) is 0 Å². The lowest BCUT2D eigenvalue weighted by Gasteiger charge is -2.28. The molecular weight excluding hydrogens is 309 g/mol. The highest BCUT2D eigenvalue weighted by Crippen LogP contribution is 2.25. The van der Waals surface area contributed by atoms with Crippen LogP contribution in [0.5, 0.6) is 5.75 Å². The first-order chi connectivity index (χ1) is 9.56. The Morgan fingerprint density at radius 3 is 2.33 bits per heavy atom. The predicted molar refractivity (Wildman–Crippen MR) is 82.7 cm³/mol. The molecule has 5 heteroatoms. The van der Waals surface area contributed by atoms with Gasteiger partial charge < -0.3 is 27.2 Å². The van der Waals surface area contributed by atoms with Crippen molar-refractivity contribution in [3.63, 3.8) is 0 Å². The number of piperidine rings is 1. The van der Waals surface area contributed by atoms with Crippen LogP contribution in [0.2, 0.25) is 5.02 Å². The molecule has 1 fully saturated rings. The zero-order valence-electron chi connectivity index (χ0n) is 12.7. The Labute approximate surface area is 138 Å². The van der Waals surface area contributed by atoms with E-state index in [2.05, 4.69) is 4.90 Å². The molecule has 1 unspecified atom stereocenters. The number of ether oxygens (including phenoxy) is 1. The molecule has 1 atom stereocenters. The molecule has 1 aliphatic heterocycles. The Morgan fingerprint density at radius 2 is 1.76 bits per heavy atom. The molecule has 0 aromatic heterocycles. The Hall–Kier alpha value is -0.480. The first kappa shape index (κ1) is 18.6. The van der Waals surface area contributed by atoms with Gasteiger partial charge in [-0.25, -0.2) is 0 Å². The van der Waals surface area contributed by atoms with Gasteiger partial charge in [-0.2, -0.15) is 0 Å². The summed E-state index contributed by atoms with van der Waals surface area (Å²) in [7, 11) is 0. The smallest absolute Gasteiger partial charge is 0.120 e. The van der Waals surface area contributed by atoms with Crippen LogP contribution in [0.25, 0.3) is 0 Å². The average Bonchev–Trinajstić information content (AvgIpc) is 2.43. The molecular formula is C16H24Cl2NO2-. The quantitative estimate of drug-likeness (QED) is 0.835. The van der Waals surface area contributed by atoms with Crippen LogP contribution in [0.15, 0.2) is 12.1 Å². The monoisotopic (exact) mass is 332 g/mol. The summed E-state index contributed by atoms with van der Waals surface area (Å²) in [6.45, 7) is 7.15. The predicted octanol–water partition coefficient (Wildman–Crippen LogP) is 0.186. The Morgan fingerprint density at radius 1 is 1.19 bits per heavy atom. The molecule has 0 amide bonds. The van der Waals surface area contributed by atoms with Crippen LogP contribution in [0.1, 0.15) is 30.4 Å². The number of aryl methyl sites for hydroxylation is 2. The lowest BCUT2D eigenvalue weighted by atomic mass is 10.1. The third-order valence-corrected chi connectivity index (χ3v) is 4.37. The topological polar surface area (TPSA) is 32.7 Å². The lowest BCUT2D eigenvalue weighted by Crippen LogP contribution is -3.00. The van der Waals surface area contributed by atoms with E-state index in [-0.39, 0.29) is 12.4 Å². The largest absolute Gasteiger partial charge is 1.00 e. The van der Waals surface area contributed by atoms with Crippen LogP contribution >= 0.6 is 11.6 Å². The Balaban J connectivity index is 0.00000220. The van der Waals surface area contributed by atoms with E-state index in [9.17, 15) is 5.11 Å². The van der Waals surface area contributed by atoms with Crippen molar-refractivity contribution in [3.8, 4) is 5.75 Å². The van der Waals surface area contributed by atoms with E-state index in [4.69, 9.17) is 16.3 Å². The summed E-state index contributed by atoms with van der Waals surface area (Å²) in [5.74, 6) is 0.780. The maximum atomic E-state index is 10.1. The van der Waals surface area contributed by atoms with Gasteiger partial charge in [-0.3, -0.25) is 0 Å². The fraction of sp³-hybridized carbons (Fsp3) is 0.625. The fourth-order valence-electron chi connectivity index (χ4n) is 2.67. The highest BCUT2D eigenvalue weighted by molar-refractivity contribution is 6.32. The number of hydrogen-bond acceptors (Lipinski definition) is 3. The van der Waals surface area contributed by atoms with Crippen LogP contribution in [-0.4, -0.2) is 42.4 Å². The van der Waals surface area contributed by atoms with E-state index < -0.39 is 6.10 Å². The molecule has 0 radical (unpaired) electrons. The van der Waals surface area contributed by atoms with Gasteiger partial charge in [0.25, 0.3) is 0 Å². The molecule has 0 bridgehead atoms. The molecule has 21 heavy (non-hydrogen) atoms. The summed E-state index contributed by atoms with van der Waals surface area (Å²) in [6.07, 6.45) is 3.35. The number of aliphatic hydroxyl groups is 1. The minimum Gasteiger partial charge on any atom is -1.00 e. The Bertz CT molecular complexity index is 425. The molecule has 3 nitrogen and oxygen atoms in total. The first-order valence-electron chi connectivity index (χ1n) is 7.36. The SMILES string of the molecule is Cc1cc(OCC(O)CN2CCCCC2)cc(C)c1Cl.[Cl-]. The maximum absolute atomic E-state index is 10.1. The van der Waals surface area contributed by atoms with Crippen LogP contribution in [0, 0.1) is 13.8 Å². The molecule has 1 aromatic carbocycles. The normalized spacial score (nSPS) is 17.1. The van der Waals surface area contributed by atoms with Gasteiger partial charge in [0.05, 0.1) is 0 Å². The number of rotatable bonds is 5. The second kappa shape index (κ2) is 8.84. The molecule has 2 rings (SSSR count). The van der Waals surface area contributed by atoms with Gasteiger partial charge >= 0.3 is 0 Å².